The molecule has 1 heterocycles. The molecule has 0 aliphatic rings. The molecule has 1 aromatic heterocycles. The molecule has 5 heteroatoms. The van der Waals surface area contributed by atoms with Crippen LogP contribution in [-0.2, 0) is 0 Å². The first-order valence-corrected chi connectivity index (χ1v) is 5.74. The summed E-state index contributed by atoms with van der Waals surface area (Å²) in [5.41, 5.74) is 2.50. The van der Waals surface area contributed by atoms with Crippen LogP contribution >= 0.6 is 0 Å². The van der Waals surface area contributed by atoms with Crippen LogP contribution in [-0.4, -0.2) is 44.3 Å². The van der Waals surface area contributed by atoms with Crippen LogP contribution < -0.4 is 4.90 Å². The molecule has 0 atom stereocenters. The Bertz CT molecular complexity index is 478. The molecule has 1 aromatic carbocycles. The number of benzene rings is 1. The Kier molecular flexibility index (Phi) is 2.35. The number of hydrogen-bond donors (Lipinski definition) is 0. The second kappa shape index (κ2) is 3.52. The van der Waals surface area contributed by atoms with Gasteiger partial charge in [0.1, 0.15) is 0 Å². The SMILES string of the molecule is CN(C)c1ccc(C=O)c2nn[se]c12. The van der Waals surface area contributed by atoms with Crippen molar-refractivity contribution in [3.63, 3.8) is 0 Å². The zero-order chi connectivity index (χ0) is 10.1. The van der Waals surface area contributed by atoms with E-state index in [2.05, 4.69) is 9.19 Å². The first-order chi connectivity index (χ1) is 6.74. The fraction of sp³-hybridized carbons (Fsp3) is 0.222. The summed E-state index contributed by atoms with van der Waals surface area (Å²) in [5, 5.41) is 4.01. The molecule has 14 heavy (non-hydrogen) atoms. The summed E-state index contributed by atoms with van der Waals surface area (Å²) in [6, 6.07) is 3.74. The Hall–Kier alpha value is -1.19. The van der Waals surface area contributed by atoms with E-state index in [0.717, 1.165) is 21.8 Å². The van der Waals surface area contributed by atoms with Gasteiger partial charge in [-0.1, -0.05) is 0 Å². The summed E-state index contributed by atoms with van der Waals surface area (Å²) in [6.45, 7) is 0. The Morgan fingerprint density at radius 1 is 1.43 bits per heavy atom. The van der Waals surface area contributed by atoms with Crippen LogP contribution in [0.1, 0.15) is 10.4 Å². The maximum atomic E-state index is 10.7. The molecule has 0 spiro atoms. The van der Waals surface area contributed by atoms with Gasteiger partial charge >= 0.3 is 87.2 Å². The molecule has 0 bridgehead atoms. The van der Waals surface area contributed by atoms with Gasteiger partial charge in [0.15, 0.2) is 0 Å². The Morgan fingerprint density at radius 3 is 2.86 bits per heavy atom. The van der Waals surface area contributed by atoms with Gasteiger partial charge in [0.05, 0.1) is 0 Å². The molecule has 0 aliphatic carbocycles. The molecule has 2 aromatic rings. The zero-order valence-corrected chi connectivity index (χ0v) is 9.60. The number of aldehydes is 1. The van der Waals surface area contributed by atoms with E-state index in [1.54, 1.807) is 6.07 Å². The third-order valence-electron chi connectivity index (χ3n) is 2.02. The van der Waals surface area contributed by atoms with Gasteiger partial charge in [-0.05, 0) is 0 Å². The van der Waals surface area contributed by atoms with Crippen molar-refractivity contribution in [3.8, 4) is 0 Å². The molecular formula is C9H9N3OSe. The van der Waals surface area contributed by atoms with Crippen molar-refractivity contribution >= 4 is 36.5 Å². The van der Waals surface area contributed by atoms with E-state index in [1.165, 1.54) is 0 Å². The van der Waals surface area contributed by atoms with Crippen molar-refractivity contribution in [2.24, 2.45) is 0 Å². The molecule has 72 valence electrons. The summed E-state index contributed by atoms with van der Waals surface area (Å²) in [4.78, 5) is 12.8. The van der Waals surface area contributed by atoms with Gasteiger partial charge in [-0.3, -0.25) is 0 Å². The average molecular weight is 254 g/mol. The van der Waals surface area contributed by atoms with E-state index in [9.17, 15) is 4.79 Å². The van der Waals surface area contributed by atoms with Crippen LogP contribution in [0.25, 0.3) is 9.78 Å². The fourth-order valence-electron chi connectivity index (χ4n) is 1.32. The quantitative estimate of drug-likeness (QED) is 0.580. The van der Waals surface area contributed by atoms with E-state index in [4.69, 9.17) is 0 Å². The van der Waals surface area contributed by atoms with E-state index < -0.39 is 0 Å². The number of anilines is 1. The molecule has 0 aliphatic heterocycles. The normalized spacial score (nSPS) is 10.4. The second-order valence-electron chi connectivity index (χ2n) is 3.14. The van der Waals surface area contributed by atoms with Gasteiger partial charge < -0.3 is 0 Å². The molecular weight excluding hydrogens is 245 g/mol. The molecule has 2 rings (SSSR count). The van der Waals surface area contributed by atoms with Crippen LogP contribution in [0.4, 0.5) is 5.69 Å². The molecule has 0 amide bonds. The molecule has 0 N–H and O–H groups in total. The van der Waals surface area contributed by atoms with Crippen molar-refractivity contribution in [1.29, 1.82) is 0 Å². The molecule has 0 saturated heterocycles. The standard InChI is InChI=1S/C9H9N3OSe/c1-12(2)7-4-3-6(5-13)8-9(7)14-11-10-8/h3-5H,1-2H3. The van der Waals surface area contributed by atoms with Crippen LogP contribution in [0.2, 0.25) is 0 Å². The van der Waals surface area contributed by atoms with E-state index in [0.29, 0.717) is 5.56 Å². The fourth-order valence-corrected chi connectivity index (χ4v) is 2.98. The number of carbonyl (C=O) groups is 1. The zero-order valence-electron chi connectivity index (χ0n) is 7.89. The van der Waals surface area contributed by atoms with Crippen molar-refractivity contribution in [3.05, 3.63) is 17.7 Å². The summed E-state index contributed by atoms with van der Waals surface area (Å²) >= 11 is 0.0218. The first kappa shape index (κ1) is 9.37. The third kappa shape index (κ3) is 1.34. The van der Waals surface area contributed by atoms with Gasteiger partial charge in [-0.25, -0.2) is 0 Å². The Balaban J connectivity index is 2.78. The number of nitrogens with zero attached hydrogens (tertiary/aromatic N) is 3. The maximum absolute atomic E-state index is 10.7. The number of rotatable bonds is 2. The van der Waals surface area contributed by atoms with Gasteiger partial charge in [0, 0.05) is 0 Å². The monoisotopic (exact) mass is 255 g/mol. The number of hydrogen-bond acceptors (Lipinski definition) is 4. The van der Waals surface area contributed by atoms with Gasteiger partial charge in [0.2, 0.25) is 0 Å². The average Bonchev–Trinajstić information content (AvgIpc) is 2.64. The third-order valence-corrected chi connectivity index (χ3v) is 3.59. The van der Waals surface area contributed by atoms with Crippen molar-refractivity contribution in [2.75, 3.05) is 19.0 Å². The van der Waals surface area contributed by atoms with Crippen LogP contribution in [0.5, 0.6) is 0 Å². The summed E-state index contributed by atoms with van der Waals surface area (Å²) in [7, 11) is 3.95. The van der Waals surface area contributed by atoms with E-state index >= 15 is 0 Å². The molecule has 0 unspecified atom stereocenters. The summed E-state index contributed by atoms with van der Waals surface area (Å²) in [6.07, 6.45) is 0.832. The van der Waals surface area contributed by atoms with Gasteiger partial charge in [-0.2, -0.15) is 0 Å². The predicted octanol–water partition coefficient (Wildman–Crippen LogP) is 0.565. The molecule has 0 radical (unpaired) electrons. The number of aromatic nitrogens is 2. The van der Waals surface area contributed by atoms with Gasteiger partial charge in [-0.15, -0.1) is 0 Å². The van der Waals surface area contributed by atoms with E-state index in [1.807, 2.05) is 25.1 Å². The molecule has 0 fully saturated rings. The number of fused-ring (bicyclic) bond motifs is 1. The minimum absolute atomic E-state index is 0.0218. The van der Waals surface area contributed by atoms with Crippen molar-refractivity contribution in [2.45, 2.75) is 0 Å². The van der Waals surface area contributed by atoms with Gasteiger partial charge in [0.25, 0.3) is 0 Å². The van der Waals surface area contributed by atoms with Crippen molar-refractivity contribution in [1.82, 2.24) is 9.19 Å². The molecule has 0 saturated carbocycles. The van der Waals surface area contributed by atoms with Crippen LogP contribution in [0.3, 0.4) is 0 Å². The van der Waals surface area contributed by atoms with Crippen LogP contribution in [0.15, 0.2) is 12.1 Å². The van der Waals surface area contributed by atoms with Crippen LogP contribution in [0, 0.1) is 0 Å². The Morgan fingerprint density at radius 2 is 2.21 bits per heavy atom. The summed E-state index contributed by atoms with van der Waals surface area (Å²) in [5.74, 6) is 0. The summed E-state index contributed by atoms with van der Waals surface area (Å²) < 4.78 is 5.11. The molecule has 4 nitrogen and oxygen atoms in total. The number of carbonyl (C=O) groups excluding carboxylic acids is 1. The van der Waals surface area contributed by atoms with Crippen molar-refractivity contribution < 1.29 is 4.79 Å². The second-order valence-corrected chi connectivity index (χ2v) is 4.72. The Labute approximate surface area is 87.5 Å². The first-order valence-electron chi connectivity index (χ1n) is 4.11. The topological polar surface area (TPSA) is 46.1 Å². The van der Waals surface area contributed by atoms with E-state index in [-0.39, 0.29) is 14.7 Å². The minimum atomic E-state index is 0.0218. The predicted molar refractivity (Wildman–Crippen MR) is 56.2 cm³/mol.